The number of benzene rings is 2. The van der Waals surface area contributed by atoms with Gasteiger partial charge in [0.1, 0.15) is 18.1 Å². The van der Waals surface area contributed by atoms with Crippen LogP contribution in [0.3, 0.4) is 0 Å². The maximum Gasteiger partial charge on any atom is 0.264 e. The third-order valence-corrected chi connectivity index (χ3v) is 7.59. The van der Waals surface area contributed by atoms with E-state index in [4.69, 9.17) is 5.73 Å². The average Bonchev–Trinajstić information content (AvgIpc) is 3.14. The van der Waals surface area contributed by atoms with Gasteiger partial charge in [0.25, 0.3) is 10.0 Å². The number of aryl methyl sites for hydroxylation is 1. The Morgan fingerprint density at radius 1 is 1.21 bits per heavy atom. The predicted octanol–water partition coefficient (Wildman–Crippen LogP) is 2.80. The molecule has 184 valence electrons. The smallest absolute Gasteiger partial charge is 0.264 e. The van der Waals surface area contributed by atoms with Gasteiger partial charge in [0, 0.05) is 33.5 Å². The maximum atomic E-state index is 13.0. The van der Waals surface area contributed by atoms with E-state index in [9.17, 15) is 8.42 Å². The van der Waals surface area contributed by atoms with Crippen LogP contribution in [0.4, 0.5) is 5.69 Å². The zero-order valence-corrected chi connectivity index (χ0v) is 22.0. The Balaban J connectivity index is 0.000000604. The second kappa shape index (κ2) is 11.9. The van der Waals surface area contributed by atoms with Crippen molar-refractivity contribution in [1.82, 2.24) is 9.55 Å². The molecule has 0 aliphatic rings. The van der Waals surface area contributed by atoms with Gasteiger partial charge in [0.15, 0.2) is 0 Å². The van der Waals surface area contributed by atoms with Gasteiger partial charge in [0.05, 0.1) is 28.0 Å². The third kappa shape index (κ3) is 6.77. The molecule has 1 unspecified atom stereocenters. The van der Waals surface area contributed by atoms with Crippen molar-refractivity contribution >= 4 is 32.5 Å². The van der Waals surface area contributed by atoms with Gasteiger partial charge in [-0.05, 0) is 44.2 Å². The Hall–Kier alpha value is -2.97. The minimum absolute atomic E-state index is 0.157. The summed E-state index contributed by atoms with van der Waals surface area (Å²) >= 11 is 0. The molecule has 0 spiro atoms. The number of nitrogens with one attached hydrogen (secondary N) is 1. The van der Waals surface area contributed by atoms with E-state index in [2.05, 4.69) is 30.4 Å². The summed E-state index contributed by atoms with van der Waals surface area (Å²) in [4.78, 5) is 8.29. The molecule has 8 heteroatoms. The van der Waals surface area contributed by atoms with E-state index in [-0.39, 0.29) is 10.9 Å². The summed E-state index contributed by atoms with van der Waals surface area (Å²) in [5.74, 6) is 0.928. The molecule has 0 fully saturated rings. The van der Waals surface area contributed by atoms with Crippen LogP contribution < -0.4 is 15.0 Å². The number of anilines is 1. The molecule has 0 aliphatic heterocycles. The summed E-state index contributed by atoms with van der Waals surface area (Å²) in [6, 6.07) is 14.3. The monoisotopic (exact) mass is 484 g/mol. The van der Waals surface area contributed by atoms with Crippen molar-refractivity contribution in [1.29, 1.82) is 0 Å². The topological polar surface area (TPSA) is 95.2 Å². The fraction of sp³-hybridized carbons (Fsp3) is 0.385. The van der Waals surface area contributed by atoms with Gasteiger partial charge in [-0.25, -0.2) is 18.4 Å². The standard InChI is InChI=1S/C21H26N4O2S.C5H11N/c1-5-16(2)22-14-13-21-23-19-15-18(11-12-20(19)24(21)3)28(26,27)25(4)17-9-7-6-8-10-17;1-4(2)5(3)6/h6-12,15H,5,13-14H2,1-4H3;5H,1,6H2,2-3H3/p+1. The first kappa shape index (κ1) is 27.3. The van der Waals surface area contributed by atoms with Crippen LogP contribution in [-0.2, 0) is 23.5 Å². The summed E-state index contributed by atoms with van der Waals surface area (Å²) in [7, 11) is -0.120. The van der Waals surface area contributed by atoms with Crippen LogP contribution in [0.25, 0.3) is 11.0 Å². The molecule has 0 saturated heterocycles. The van der Waals surface area contributed by atoms with Crippen molar-refractivity contribution in [2.75, 3.05) is 17.9 Å². The van der Waals surface area contributed by atoms with E-state index in [1.807, 2.05) is 49.7 Å². The molecule has 0 bridgehead atoms. The largest absolute Gasteiger partial charge is 0.331 e. The summed E-state index contributed by atoms with van der Waals surface area (Å²) in [5.41, 5.74) is 9.86. The molecule has 3 N–H and O–H groups in total. The maximum absolute atomic E-state index is 13.0. The number of nitrogens with zero attached hydrogens (tertiary/aromatic N) is 3. The molecule has 3 aromatic rings. The van der Waals surface area contributed by atoms with Crippen LogP contribution in [-0.4, -0.2) is 43.3 Å². The van der Waals surface area contributed by atoms with Gasteiger partial charge in [-0.15, -0.1) is 0 Å². The summed E-state index contributed by atoms with van der Waals surface area (Å²) in [6.45, 7) is 12.5. The van der Waals surface area contributed by atoms with Crippen molar-refractivity contribution in [3.05, 3.63) is 66.5 Å². The minimum atomic E-state index is -3.65. The molecule has 0 saturated carbocycles. The van der Waals surface area contributed by atoms with Crippen molar-refractivity contribution in [2.24, 2.45) is 12.8 Å². The van der Waals surface area contributed by atoms with Gasteiger partial charge >= 0.3 is 0 Å². The summed E-state index contributed by atoms with van der Waals surface area (Å²) in [5, 5.41) is 0. The lowest BCUT2D eigenvalue weighted by Gasteiger charge is -2.19. The fourth-order valence-electron chi connectivity index (χ4n) is 3.06. The van der Waals surface area contributed by atoms with E-state index in [0.29, 0.717) is 11.2 Å². The molecule has 1 atom stereocenters. The average molecular weight is 485 g/mol. The number of imidazole rings is 1. The SMILES string of the molecule is C=C(C)C(C)N.CCC(C)=[NH+]CCc1nc2cc(S(=O)(=O)N(C)c3ccccc3)ccc2n1C. The van der Waals surface area contributed by atoms with Crippen LogP contribution in [0.1, 0.15) is 39.9 Å². The lowest BCUT2D eigenvalue weighted by molar-refractivity contribution is -0.458. The van der Waals surface area contributed by atoms with Gasteiger partial charge in [0.2, 0.25) is 0 Å². The molecule has 34 heavy (non-hydrogen) atoms. The van der Waals surface area contributed by atoms with Crippen LogP contribution in [0.2, 0.25) is 0 Å². The predicted molar refractivity (Wildman–Crippen MR) is 142 cm³/mol. The fourth-order valence-corrected chi connectivity index (χ4v) is 4.28. The quantitative estimate of drug-likeness (QED) is 0.380. The Kier molecular flexibility index (Phi) is 9.58. The molecule has 0 radical (unpaired) electrons. The number of nitrogens with two attached hydrogens (primary N) is 1. The zero-order valence-electron chi connectivity index (χ0n) is 21.2. The Morgan fingerprint density at radius 2 is 1.82 bits per heavy atom. The molecule has 2 aromatic carbocycles. The first-order valence-electron chi connectivity index (χ1n) is 11.5. The second-order valence-corrected chi connectivity index (χ2v) is 10.5. The van der Waals surface area contributed by atoms with Crippen LogP contribution >= 0.6 is 0 Å². The number of fused-ring (bicyclic) bond motifs is 1. The Morgan fingerprint density at radius 3 is 2.38 bits per heavy atom. The lowest BCUT2D eigenvalue weighted by Crippen LogP contribution is -2.73. The molecule has 1 heterocycles. The van der Waals surface area contributed by atoms with Crippen LogP contribution in [0, 0.1) is 0 Å². The van der Waals surface area contributed by atoms with Crippen molar-refractivity contribution in [3.63, 3.8) is 0 Å². The highest BCUT2D eigenvalue weighted by molar-refractivity contribution is 7.92. The number of rotatable bonds is 8. The first-order valence-corrected chi connectivity index (χ1v) is 12.9. The molecule has 7 nitrogen and oxygen atoms in total. The highest BCUT2D eigenvalue weighted by atomic mass is 32.2. The number of hydrogen-bond donors (Lipinski definition) is 2. The van der Waals surface area contributed by atoms with Crippen LogP contribution in [0.5, 0.6) is 0 Å². The van der Waals surface area contributed by atoms with E-state index in [1.165, 1.54) is 10.0 Å². The van der Waals surface area contributed by atoms with Gasteiger partial charge in [-0.2, -0.15) is 0 Å². The van der Waals surface area contributed by atoms with E-state index in [0.717, 1.165) is 36.3 Å². The van der Waals surface area contributed by atoms with Crippen molar-refractivity contribution in [2.45, 2.75) is 51.5 Å². The zero-order chi connectivity index (χ0) is 25.5. The lowest BCUT2D eigenvalue weighted by atomic mass is 10.2. The summed E-state index contributed by atoms with van der Waals surface area (Å²) < 4.78 is 29.4. The molecular formula is C26H38N5O2S+. The molecule has 1 aromatic heterocycles. The number of sulfonamides is 1. The second-order valence-electron chi connectivity index (χ2n) is 8.49. The van der Waals surface area contributed by atoms with E-state index < -0.39 is 10.0 Å². The number of para-hydroxylation sites is 1. The molecule has 3 rings (SSSR count). The minimum Gasteiger partial charge on any atom is -0.331 e. The normalized spacial score (nSPS) is 12.7. The summed E-state index contributed by atoms with van der Waals surface area (Å²) in [6.07, 6.45) is 1.77. The van der Waals surface area contributed by atoms with Gasteiger partial charge in [-0.1, -0.05) is 37.3 Å². The molecule has 0 aliphatic carbocycles. The number of hydrogen-bond acceptors (Lipinski definition) is 4. The van der Waals surface area contributed by atoms with Crippen molar-refractivity contribution < 1.29 is 13.4 Å². The van der Waals surface area contributed by atoms with Crippen molar-refractivity contribution in [3.8, 4) is 0 Å². The van der Waals surface area contributed by atoms with E-state index >= 15 is 0 Å². The van der Waals surface area contributed by atoms with Crippen LogP contribution in [0.15, 0.2) is 65.6 Å². The third-order valence-electron chi connectivity index (χ3n) is 5.81. The highest BCUT2D eigenvalue weighted by Gasteiger charge is 2.22. The Labute approximate surface area is 204 Å². The highest BCUT2D eigenvalue weighted by Crippen LogP contribution is 2.25. The van der Waals surface area contributed by atoms with E-state index in [1.54, 1.807) is 31.3 Å². The number of aromatic nitrogens is 2. The Bertz CT molecular complexity index is 1240. The first-order chi connectivity index (χ1) is 16.0. The molecule has 0 amide bonds. The van der Waals surface area contributed by atoms with Gasteiger partial charge in [-0.3, -0.25) is 4.31 Å². The van der Waals surface area contributed by atoms with Gasteiger partial charge < -0.3 is 10.3 Å². The molecular weight excluding hydrogens is 446 g/mol.